The Kier molecular flexibility index (Phi) is 6.62. The molecule has 1 aliphatic rings. The second-order valence-electron chi connectivity index (χ2n) is 9.67. The summed E-state index contributed by atoms with van der Waals surface area (Å²) in [4.78, 5) is 2.55. The lowest BCUT2D eigenvalue weighted by Crippen LogP contribution is -2.50. The van der Waals surface area contributed by atoms with E-state index in [-0.39, 0.29) is 5.41 Å². The van der Waals surface area contributed by atoms with Crippen LogP contribution in [-0.4, -0.2) is 35.2 Å². The normalized spacial score (nSPS) is 16.3. The van der Waals surface area contributed by atoms with Crippen molar-refractivity contribution in [2.75, 3.05) is 19.6 Å². The Labute approximate surface area is 203 Å². The maximum absolute atomic E-state index is 11.4. The van der Waals surface area contributed by atoms with Crippen LogP contribution in [0.25, 0.3) is 0 Å². The van der Waals surface area contributed by atoms with E-state index in [0.29, 0.717) is 0 Å². The summed E-state index contributed by atoms with van der Waals surface area (Å²) in [6.07, 6.45) is 2.30. The van der Waals surface area contributed by atoms with Gasteiger partial charge in [0.2, 0.25) is 0 Å². The van der Waals surface area contributed by atoms with Gasteiger partial charge in [-0.05, 0) is 35.1 Å². The molecule has 4 aromatic carbocycles. The van der Waals surface area contributed by atoms with Crippen molar-refractivity contribution in [1.82, 2.24) is 4.90 Å². The van der Waals surface area contributed by atoms with Gasteiger partial charge in [-0.2, -0.15) is 0 Å². The number of hydrogen-bond donors (Lipinski definition) is 1. The van der Waals surface area contributed by atoms with E-state index in [1.165, 1.54) is 22.3 Å². The van der Waals surface area contributed by atoms with Gasteiger partial charge in [-0.1, -0.05) is 121 Å². The van der Waals surface area contributed by atoms with E-state index in [9.17, 15) is 5.11 Å². The highest BCUT2D eigenvalue weighted by Crippen LogP contribution is 2.41. The van der Waals surface area contributed by atoms with Gasteiger partial charge in [0, 0.05) is 26.1 Å². The van der Waals surface area contributed by atoms with Crippen molar-refractivity contribution in [3.63, 3.8) is 0 Å². The Morgan fingerprint density at radius 1 is 0.588 bits per heavy atom. The average Bonchev–Trinajstić information content (AvgIpc) is 2.90. The fourth-order valence-corrected chi connectivity index (χ4v) is 5.56. The lowest BCUT2D eigenvalue weighted by molar-refractivity contribution is -0.0228. The zero-order valence-corrected chi connectivity index (χ0v) is 19.7. The van der Waals surface area contributed by atoms with Crippen molar-refractivity contribution >= 4 is 0 Å². The molecule has 4 aromatic rings. The molecule has 0 aliphatic carbocycles. The number of nitrogens with zero attached hydrogens (tertiary/aromatic N) is 1. The van der Waals surface area contributed by atoms with E-state index in [1.54, 1.807) is 0 Å². The smallest absolute Gasteiger partial charge is 0.0712 e. The van der Waals surface area contributed by atoms with Crippen molar-refractivity contribution in [3.05, 3.63) is 144 Å². The highest BCUT2D eigenvalue weighted by atomic mass is 16.3. The van der Waals surface area contributed by atoms with Gasteiger partial charge in [-0.15, -0.1) is 0 Å². The lowest BCUT2D eigenvalue weighted by atomic mass is 9.68. The van der Waals surface area contributed by atoms with E-state index >= 15 is 0 Å². The van der Waals surface area contributed by atoms with Gasteiger partial charge in [-0.3, -0.25) is 0 Å². The van der Waals surface area contributed by atoms with Gasteiger partial charge in [0.25, 0.3) is 0 Å². The van der Waals surface area contributed by atoms with Gasteiger partial charge >= 0.3 is 0 Å². The van der Waals surface area contributed by atoms with Gasteiger partial charge in [0.1, 0.15) is 0 Å². The SMILES string of the molecule is OC1(Cc2ccccc2)CCN(CC(c2ccccc2)(c2ccccc2)c2ccccc2)CC1. The van der Waals surface area contributed by atoms with Crippen LogP contribution >= 0.6 is 0 Å². The van der Waals surface area contributed by atoms with Gasteiger partial charge < -0.3 is 10.0 Å². The fourth-order valence-electron chi connectivity index (χ4n) is 5.56. The summed E-state index contributed by atoms with van der Waals surface area (Å²) in [6.45, 7) is 2.65. The van der Waals surface area contributed by atoms with Gasteiger partial charge in [0.15, 0.2) is 0 Å². The van der Waals surface area contributed by atoms with Crippen molar-refractivity contribution in [2.45, 2.75) is 30.3 Å². The molecule has 0 saturated carbocycles. The van der Waals surface area contributed by atoms with Crippen LogP contribution in [0.15, 0.2) is 121 Å². The third-order valence-electron chi connectivity index (χ3n) is 7.42. The van der Waals surface area contributed by atoms with Crippen LogP contribution in [0.4, 0.5) is 0 Å². The number of likely N-dealkylation sites (tertiary alicyclic amines) is 1. The molecule has 1 fully saturated rings. The summed E-state index contributed by atoms with van der Waals surface area (Å²) in [7, 11) is 0. The largest absolute Gasteiger partial charge is 0.389 e. The molecule has 0 bridgehead atoms. The average molecular weight is 448 g/mol. The summed E-state index contributed by atoms with van der Waals surface area (Å²) in [5, 5.41) is 11.4. The molecule has 2 heteroatoms. The van der Waals surface area contributed by atoms with E-state index in [4.69, 9.17) is 0 Å². The standard InChI is InChI=1S/C32H33NO/c34-31(25-27-13-5-1-6-14-27)21-23-33(24-22-31)26-32(28-15-7-2-8-16-28,29-17-9-3-10-18-29)30-19-11-4-12-20-30/h1-20,34H,21-26H2. The Morgan fingerprint density at radius 2 is 0.971 bits per heavy atom. The minimum atomic E-state index is -0.632. The third-order valence-corrected chi connectivity index (χ3v) is 7.42. The van der Waals surface area contributed by atoms with Crippen LogP contribution in [0.1, 0.15) is 35.1 Å². The van der Waals surface area contributed by atoms with E-state index in [2.05, 4.69) is 120 Å². The van der Waals surface area contributed by atoms with Gasteiger partial charge in [0.05, 0.1) is 11.0 Å². The van der Waals surface area contributed by atoms with Crippen LogP contribution in [0.2, 0.25) is 0 Å². The van der Waals surface area contributed by atoms with Crippen molar-refractivity contribution < 1.29 is 5.11 Å². The number of aliphatic hydroxyl groups is 1. The lowest BCUT2D eigenvalue weighted by Gasteiger charge is -2.44. The molecule has 0 unspecified atom stereocenters. The van der Waals surface area contributed by atoms with E-state index in [0.717, 1.165) is 38.9 Å². The number of benzene rings is 4. The molecule has 1 aliphatic heterocycles. The molecule has 172 valence electrons. The van der Waals surface area contributed by atoms with Crippen molar-refractivity contribution in [3.8, 4) is 0 Å². The molecule has 1 saturated heterocycles. The van der Waals surface area contributed by atoms with E-state index < -0.39 is 5.60 Å². The maximum atomic E-state index is 11.4. The fraction of sp³-hybridized carbons (Fsp3) is 0.250. The first-order valence-corrected chi connectivity index (χ1v) is 12.3. The molecule has 0 amide bonds. The predicted molar refractivity (Wildman–Crippen MR) is 140 cm³/mol. The second-order valence-corrected chi connectivity index (χ2v) is 9.67. The predicted octanol–water partition coefficient (Wildman–Crippen LogP) is 6.09. The monoisotopic (exact) mass is 447 g/mol. The molecule has 0 spiro atoms. The molecule has 1 heterocycles. The van der Waals surface area contributed by atoms with Crippen LogP contribution < -0.4 is 0 Å². The molecule has 34 heavy (non-hydrogen) atoms. The quantitative estimate of drug-likeness (QED) is 0.347. The third kappa shape index (κ3) is 4.70. The molecule has 2 nitrogen and oxygen atoms in total. The molecule has 0 aromatic heterocycles. The minimum Gasteiger partial charge on any atom is -0.389 e. The molecule has 5 rings (SSSR count). The Bertz CT molecular complexity index is 1050. The maximum Gasteiger partial charge on any atom is 0.0712 e. The first-order chi connectivity index (χ1) is 16.7. The number of piperidine rings is 1. The molecule has 1 N–H and O–H groups in total. The summed E-state index contributed by atoms with van der Waals surface area (Å²) < 4.78 is 0. The second kappa shape index (κ2) is 9.97. The van der Waals surface area contributed by atoms with Crippen LogP contribution in [0, 0.1) is 0 Å². The summed E-state index contributed by atoms with van der Waals surface area (Å²) in [5.74, 6) is 0. The highest BCUT2D eigenvalue weighted by Gasteiger charge is 2.40. The summed E-state index contributed by atoms with van der Waals surface area (Å²) in [5.41, 5.74) is 4.21. The first-order valence-electron chi connectivity index (χ1n) is 12.3. The highest BCUT2D eigenvalue weighted by molar-refractivity contribution is 5.51. The van der Waals surface area contributed by atoms with Gasteiger partial charge in [-0.25, -0.2) is 0 Å². The van der Waals surface area contributed by atoms with Crippen molar-refractivity contribution in [1.29, 1.82) is 0 Å². The first kappa shape index (κ1) is 22.6. The topological polar surface area (TPSA) is 23.5 Å². The summed E-state index contributed by atoms with van der Waals surface area (Å²) >= 11 is 0. The molecular weight excluding hydrogens is 414 g/mol. The zero-order valence-electron chi connectivity index (χ0n) is 19.7. The molecule has 0 radical (unpaired) electrons. The minimum absolute atomic E-state index is 0.279. The summed E-state index contributed by atoms with van der Waals surface area (Å²) in [6, 6.07) is 43.1. The van der Waals surface area contributed by atoms with Crippen LogP contribution in [0.5, 0.6) is 0 Å². The van der Waals surface area contributed by atoms with Crippen molar-refractivity contribution in [2.24, 2.45) is 0 Å². The van der Waals surface area contributed by atoms with E-state index in [1.807, 2.05) is 6.07 Å². The number of rotatable bonds is 7. The zero-order chi connectivity index (χ0) is 23.3. The number of hydrogen-bond acceptors (Lipinski definition) is 2. The Balaban J connectivity index is 1.47. The molecular formula is C32H33NO. The Morgan fingerprint density at radius 3 is 1.38 bits per heavy atom. The van der Waals surface area contributed by atoms with Crippen LogP contribution in [0.3, 0.4) is 0 Å². The Hall–Kier alpha value is -3.20. The molecule has 0 atom stereocenters. The van der Waals surface area contributed by atoms with Crippen LogP contribution in [-0.2, 0) is 11.8 Å².